The predicted molar refractivity (Wildman–Crippen MR) is 64.9 cm³/mol. The summed E-state index contributed by atoms with van der Waals surface area (Å²) in [4.78, 5) is 0. The van der Waals surface area contributed by atoms with Gasteiger partial charge < -0.3 is 9.84 Å². The molecule has 0 aromatic carbocycles. The first-order chi connectivity index (χ1) is 7.78. The number of nitrogens with one attached hydrogen (secondary N) is 1. The Morgan fingerprint density at radius 1 is 1.50 bits per heavy atom. The van der Waals surface area contributed by atoms with Crippen molar-refractivity contribution in [3.05, 3.63) is 17.5 Å². The minimum atomic E-state index is 0.762. The fourth-order valence-electron chi connectivity index (χ4n) is 1.11. The summed E-state index contributed by atoms with van der Waals surface area (Å²) in [5, 5.41) is 16.0. The molecule has 5 nitrogen and oxygen atoms in total. The number of rotatable bonds is 5. The first kappa shape index (κ1) is 11.4. The average Bonchev–Trinajstić information content (AvgIpc) is 2.85. The van der Waals surface area contributed by atoms with Gasteiger partial charge in [-0.2, -0.15) is 0 Å². The van der Waals surface area contributed by atoms with E-state index in [0.717, 1.165) is 33.2 Å². The molecule has 16 heavy (non-hydrogen) atoms. The zero-order valence-corrected chi connectivity index (χ0v) is 10.7. The number of aromatic nitrogens is 3. The number of hydrogen-bond donors (Lipinski definition) is 1. The van der Waals surface area contributed by atoms with Crippen LogP contribution in [0.2, 0.25) is 0 Å². The molecule has 0 spiro atoms. The second-order valence-electron chi connectivity index (χ2n) is 3.12. The van der Waals surface area contributed by atoms with E-state index >= 15 is 0 Å². The van der Waals surface area contributed by atoms with Crippen LogP contribution in [0.1, 0.15) is 18.4 Å². The lowest BCUT2D eigenvalue weighted by atomic mass is 10.4. The number of nitrogens with zero attached hydrogens (tertiary/aromatic N) is 3. The van der Waals surface area contributed by atoms with Crippen molar-refractivity contribution in [1.82, 2.24) is 15.4 Å². The van der Waals surface area contributed by atoms with E-state index in [1.807, 2.05) is 19.9 Å². The lowest BCUT2D eigenvalue weighted by Gasteiger charge is -1.92. The fraction of sp³-hybridized carbons (Fsp3) is 0.444. The van der Waals surface area contributed by atoms with Crippen molar-refractivity contribution < 1.29 is 4.52 Å². The minimum Gasteiger partial charge on any atom is -0.361 e. The van der Waals surface area contributed by atoms with Gasteiger partial charge in [0.25, 0.3) is 0 Å². The van der Waals surface area contributed by atoms with Gasteiger partial charge in [0.1, 0.15) is 5.76 Å². The van der Waals surface area contributed by atoms with Crippen LogP contribution in [0.25, 0.3) is 0 Å². The Balaban J connectivity index is 1.89. The second kappa shape index (κ2) is 5.31. The quantitative estimate of drug-likeness (QED) is 0.829. The van der Waals surface area contributed by atoms with Crippen molar-refractivity contribution in [2.24, 2.45) is 0 Å². The van der Waals surface area contributed by atoms with E-state index in [0.29, 0.717) is 0 Å². The van der Waals surface area contributed by atoms with Crippen molar-refractivity contribution >= 4 is 28.2 Å². The van der Waals surface area contributed by atoms with Crippen molar-refractivity contribution in [1.29, 1.82) is 0 Å². The molecule has 2 aromatic heterocycles. The summed E-state index contributed by atoms with van der Waals surface area (Å²) in [6.07, 6.45) is 0. The number of anilines is 1. The molecule has 0 aliphatic carbocycles. The largest absolute Gasteiger partial charge is 0.361 e. The van der Waals surface area contributed by atoms with Gasteiger partial charge >= 0.3 is 0 Å². The normalized spacial score (nSPS) is 10.6. The highest BCUT2D eigenvalue weighted by Gasteiger charge is 2.06. The van der Waals surface area contributed by atoms with Gasteiger partial charge in [-0.15, -0.1) is 10.2 Å². The van der Waals surface area contributed by atoms with Crippen molar-refractivity contribution in [2.75, 3.05) is 11.9 Å². The Bertz CT molecular complexity index is 454. The van der Waals surface area contributed by atoms with E-state index in [1.54, 1.807) is 23.1 Å². The Labute approximate surface area is 102 Å². The summed E-state index contributed by atoms with van der Waals surface area (Å²) in [6.45, 7) is 4.78. The molecule has 0 fully saturated rings. The van der Waals surface area contributed by atoms with E-state index in [9.17, 15) is 0 Å². The molecule has 0 amide bonds. The Morgan fingerprint density at radius 2 is 2.38 bits per heavy atom. The van der Waals surface area contributed by atoms with Gasteiger partial charge in [0.2, 0.25) is 5.13 Å². The van der Waals surface area contributed by atoms with Crippen LogP contribution >= 0.6 is 23.1 Å². The molecule has 2 heterocycles. The van der Waals surface area contributed by atoms with Gasteiger partial charge in [-0.1, -0.05) is 28.3 Å². The molecular weight excluding hydrogens is 244 g/mol. The maximum Gasteiger partial charge on any atom is 0.206 e. The summed E-state index contributed by atoms with van der Waals surface area (Å²) < 4.78 is 5.93. The first-order valence-corrected chi connectivity index (χ1v) is 6.70. The zero-order valence-electron chi connectivity index (χ0n) is 9.06. The van der Waals surface area contributed by atoms with E-state index in [4.69, 9.17) is 4.52 Å². The van der Waals surface area contributed by atoms with Gasteiger partial charge in [0.15, 0.2) is 4.34 Å². The smallest absolute Gasteiger partial charge is 0.206 e. The average molecular weight is 256 g/mol. The topological polar surface area (TPSA) is 63.8 Å². The molecule has 0 radical (unpaired) electrons. The van der Waals surface area contributed by atoms with Crippen LogP contribution < -0.4 is 5.32 Å². The standard InChI is InChI=1S/C9H12N4OS2/c1-3-10-8-11-12-9(16-8)15-5-7-4-6(2)14-13-7/h4H,3,5H2,1-2H3,(H,10,11). The molecule has 2 rings (SSSR count). The molecule has 0 aliphatic rings. The van der Waals surface area contributed by atoms with Crippen LogP contribution in [0.4, 0.5) is 5.13 Å². The molecule has 0 atom stereocenters. The summed E-state index contributed by atoms with van der Waals surface area (Å²) in [6, 6.07) is 1.93. The van der Waals surface area contributed by atoms with Crippen LogP contribution in [0.3, 0.4) is 0 Å². The maximum atomic E-state index is 4.99. The van der Waals surface area contributed by atoms with Crippen LogP contribution in [0, 0.1) is 6.92 Å². The molecule has 2 aromatic rings. The molecule has 0 unspecified atom stereocenters. The van der Waals surface area contributed by atoms with E-state index < -0.39 is 0 Å². The lowest BCUT2D eigenvalue weighted by molar-refractivity contribution is 0.393. The third-order valence-electron chi connectivity index (χ3n) is 1.75. The van der Waals surface area contributed by atoms with Crippen molar-refractivity contribution in [3.8, 4) is 0 Å². The van der Waals surface area contributed by atoms with Crippen LogP contribution in [-0.2, 0) is 5.75 Å². The summed E-state index contributed by atoms with van der Waals surface area (Å²) in [7, 11) is 0. The van der Waals surface area contributed by atoms with Gasteiger partial charge in [-0.05, 0) is 13.8 Å². The SMILES string of the molecule is CCNc1nnc(SCc2cc(C)on2)s1. The van der Waals surface area contributed by atoms with E-state index in [1.165, 1.54) is 0 Å². The number of thioether (sulfide) groups is 1. The second-order valence-corrected chi connectivity index (χ2v) is 5.32. The highest BCUT2D eigenvalue weighted by molar-refractivity contribution is 8.00. The van der Waals surface area contributed by atoms with Crippen molar-refractivity contribution in [3.63, 3.8) is 0 Å². The predicted octanol–water partition coefficient (Wildman–Crippen LogP) is 2.56. The summed E-state index contributed by atoms with van der Waals surface area (Å²) >= 11 is 3.17. The van der Waals surface area contributed by atoms with E-state index in [2.05, 4.69) is 20.7 Å². The van der Waals surface area contributed by atoms with Gasteiger partial charge in [-0.3, -0.25) is 0 Å². The van der Waals surface area contributed by atoms with E-state index in [-0.39, 0.29) is 0 Å². The number of hydrogen-bond acceptors (Lipinski definition) is 7. The molecule has 0 aliphatic heterocycles. The third kappa shape index (κ3) is 2.96. The fourth-order valence-corrected chi connectivity index (χ4v) is 2.81. The zero-order chi connectivity index (χ0) is 11.4. The van der Waals surface area contributed by atoms with Gasteiger partial charge in [-0.25, -0.2) is 0 Å². The third-order valence-corrected chi connectivity index (χ3v) is 3.80. The number of aryl methyl sites for hydroxylation is 1. The molecular formula is C9H12N4OS2. The first-order valence-electron chi connectivity index (χ1n) is 4.90. The molecule has 0 saturated carbocycles. The molecule has 1 N–H and O–H groups in total. The van der Waals surface area contributed by atoms with Crippen molar-refractivity contribution in [2.45, 2.75) is 23.9 Å². The molecule has 86 valence electrons. The van der Waals surface area contributed by atoms with Crippen LogP contribution in [-0.4, -0.2) is 21.9 Å². The molecule has 0 saturated heterocycles. The molecule has 0 bridgehead atoms. The summed E-state index contributed by atoms with van der Waals surface area (Å²) in [5.41, 5.74) is 0.933. The lowest BCUT2D eigenvalue weighted by Crippen LogP contribution is -1.94. The van der Waals surface area contributed by atoms with Crippen LogP contribution in [0.5, 0.6) is 0 Å². The highest BCUT2D eigenvalue weighted by Crippen LogP contribution is 2.27. The van der Waals surface area contributed by atoms with Crippen LogP contribution in [0.15, 0.2) is 14.9 Å². The van der Waals surface area contributed by atoms with Gasteiger partial charge in [0, 0.05) is 18.4 Å². The Hall–Kier alpha value is -1.08. The Kier molecular flexibility index (Phi) is 3.79. The monoisotopic (exact) mass is 256 g/mol. The van der Waals surface area contributed by atoms with Gasteiger partial charge in [0.05, 0.1) is 5.69 Å². The highest BCUT2D eigenvalue weighted by atomic mass is 32.2. The summed E-state index contributed by atoms with van der Waals surface area (Å²) in [5.74, 6) is 1.60. The molecule has 7 heteroatoms. The maximum absolute atomic E-state index is 4.99. The minimum absolute atomic E-state index is 0.762. The Morgan fingerprint density at radius 3 is 3.06 bits per heavy atom.